The highest BCUT2D eigenvalue weighted by Gasteiger charge is 2.13. The quantitative estimate of drug-likeness (QED) is 0.720. The average molecular weight is 194 g/mol. The smallest absolute Gasteiger partial charge is 0.0593 e. The molecule has 3 nitrogen and oxygen atoms in total. The second-order valence-electron chi connectivity index (χ2n) is 4.12. The van der Waals surface area contributed by atoms with Gasteiger partial charge in [0.2, 0.25) is 0 Å². The minimum absolute atomic E-state index is 0.650. The predicted molar refractivity (Wildman–Crippen MR) is 55.1 cm³/mol. The molecule has 0 radical (unpaired) electrons. The van der Waals surface area contributed by atoms with Crippen LogP contribution in [0.25, 0.3) is 0 Å². The van der Waals surface area contributed by atoms with Crippen molar-refractivity contribution in [1.82, 2.24) is 9.78 Å². The second-order valence-corrected chi connectivity index (χ2v) is 4.12. The number of rotatable bonds is 2. The molecule has 1 fully saturated rings. The predicted octanol–water partition coefficient (Wildman–Crippen LogP) is 2.01. The Morgan fingerprint density at radius 3 is 3.29 bits per heavy atom. The zero-order valence-corrected chi connectivity index (χ0v) is 8.78. The van der Waals surface area contributed by atoms with E-state index in [-0.39, 0.29) is 0 Å². The van der Waals surface area contributed by atoms with Crippen LogP contribution in [0.1, 0.15) is 25.0 Å². The highest BCUT2D eigenvalue weighted by Crippen LogP contribution is 2.15. The van der Waals surface area contributed by atoms with Gasteiger partial charge in [-0.1, -0.05) is 6.42 Å². The Hall–Kier alpha value is -0.830. The van der Waals surface area contributed by atoms with E-state index in [1.54, 1.807) is 0 Å². The largest absolute Gasteiger partial charge is 0.381 e. The van der Waals surface area contributed by atoms with Crippen LogP contribution in [0.2, 0.25) is 0 Å². The summed E-state index contributed by atoms with van der Waals surface area (Å²) < 4.78 is 7.58. The highest BCUT2D eigenvalue weighted by molar-refractivity contribution is 4.94. The van der Waals surface area contributed by atoms with Gasteiger partial charge in [-0.2, -0.15) is 5.10 Å². The molecule has 1 aromatic rings. The zero-order chi connectivity index (χ0) is 9.80. The number of hydrogen-bond donors (Lipinski definition) is 0. The summed E-state index contributed by atoms with van der Waals surface area (Å²) in [7, 11) is 0. The van der Waals surface area contributed by atoms with Crippen molar-refractivity contribution in [2.24, 2.45) is 5.92 Å². The lowest BCUT2D eigenvalue weighted by atomic mass is 10.0. The lowest BCUT2D eigenvalue weighted by Gasteiger charge is -2.13. The molecule has 2 rings (SSSR count). The first-order valence-electron chi connectivity index (χ1n) is 5.42. The molecule has 14 heavy (non-hydrogen) atoms. The topological polar surface area (TPSA) is 27.1 Å². The number of aryl methyl sites for hydroxylation is 1. The summed E-state index contributed by atoms with van der Waals surface area (Å²) in [5.74, 6) is 0.650. The molecular formula is C11H18N2O. The summed E-state index contributed by atoms with van der Waals surface area (Å²) >= 11 is 0. The zero-order valence-electron chi connectivity index (χ0n) is 8.78. The third kappa shape index (κ3) is 2.58. The van der Waals surface area contributed by atoms with Gasteiger partial charge in [0.25, 0.3) is 0 Å². The summed E-state index contributed by atoms with van der Waals surface area (Å²) in [4.78, 5) is 0. The first kappa shape index (κ1) is 9.71. The van der Waals surface area contributed by atoms with Gasteiger partial charge in [-0.05, 0) is 25.8 Å². The molecule has 0 saturated carbocycles. The Labute approximate surface area is 85.1 Å². The van der Waals surface area contributed by atoms with Gasteiger partial charge >= 0.3 is 0 Å². The van der Waals surface area contributed by atoms with Crippen LogP contribution in [-0.4, -0.2) is 23.0 Å². The van der Waals surface area contributed by atoms with Crippen LogP contribution in [0.4, 0.5) is 0 Å². The van der Waals surface area contributed by atoms with E-state index in [1.807, 2.05) is 11.6 Å². The maximum atomic E-state index is 5.54. The van der Waals surface area contributed by atoms with E-state index in [1.165, 1.54) is 19.3 Å². The molecule has 3 heteroatoms. The standard InChI is InChI=1S/C11H18N2O/c1-10-5-6-13(12-10)8-11-4-2-3-7-14-9-11/h5-6,11H,2-4,7-9H2,1H3. The summed E-state index contributed by atoms with van der Waals surface area (Å²) in [6.07, 6.45) is 5.85. The molecule has 1 unspecified atom stereocenters. The molecule has 1 aromatic heterocycles. The summed E-state index contributed by atoms with van der Waals surface area (Å²) in [6, 6.07) is 2.05. The Morgan fingerprint density at radius 1 is 1.57 bits per heavy atom. The first-order chi connectivity index (χ1) is 6.84. The van der Waals surface area contributed by atoms with Gasteiger partial charge < -0.3 is 4.74 Å². The highest BCUT2D eigenvalue weighted by atomic mass is 16.5. The SMILES string of the molecule is Cc1ccn(CC2CCCCOC2)n1. The monoisotopic (exact) mass is 194 g/mol. The number of ether oxygens (including phenoxy) is 1. The molecule has 1 aliphatic rings. The number of aromatic nitrogens is 2. The maximum absolute atomic E-state index is 5.54. The van der Waals surface area contributed by atoms with Crippen molar-refractivity contribution in [2.45, 2.75) is 32.7 Å². The van der Waals surface area contributed by atoms with E-state index in [4.69, 9.17) is 4.74 Å². The number of nitrogens with zero attached hydrogens (tertiary/aromatic N) is 2. The van der Waals surface area contributed by atoms with Crippen LogP contribution in [0.5, 0.6) is 0 Å². The van der Waals surface area contributed by atoms with Gasteiger partial charge in [0.15, 0.2) is 0 Å². The van der Waals surface area contributed by atoms with E-state index in [9.17, 15) is 0 Å². The van der Waals surface area contributed by atoms with Gasteiger partial charge in [-0.25, -0.2) is 0 Å². The van der Waals surface area contributed by atoms with Crippen molar-refractivity contribution in [3.63, 3.8) is 0 Å². The fourth-order valence-electron chi connectivity index (χ4n) is 1.94. The fourth-order valence-corrected chi connectivity index (χ4v) is 1.94. The molecule has 0 spiro atoms. The fraction of sp³-hybridized carbons (Fsp3) is 0.727. The molecular weight excluding hydrogens is 176 g/mol. The van der Waals surface area contributed by atoms with Gasteiger partial charge in [-0.3, -0.25) is 4.68 Å². The first-order valence-corrected chi connectivity index (χ1v) is 5.42. The lowest BCUT2D eigenvalue weighted by Crippen LogP contribution is -2.15. The van der Waals surface area contributed by atoms with E-state index in [0.29, 0.717) is 5.92 Å². The van der Waals surface area contributed by atoms with Gasteiger partial charge in [0.1, 0.15) is 0 Å². The summed E-state index contributed by atoms with van der Waals surface area (Å²) in [5.41, 5.74) is 1.10. The van der Waals surface area contributed by atoms with Crippen LogP contribution < -0.4 is 0 Å². The average Bonchev–Trinajstić information content (AvgIpc) is 2.43. The van der Waals surface area contributed by atoms with Crippen molar-refractivity contribution < 1.29 is 4.74 Å². The van der Waals surface area contributed by atoms with Crippen LogP contribution in [0.3, 0.4) is 0 Å². The minimum atomic E-state index is 0.650. The minimum Gasteiger partial charge on any atom is -0.381 e. The summed E-state index contributed by atoms with van der Waals surface area (Å²) in [6.45, 7) is 4.88. The molecule has 0 aromatic carbocycles. The lowest BCUT2D eigenvalue weighted by molar-refractivity contribution is 0.108. The van der Waals surface area contributed by atoms with Gasteiger partial charge in [0, 0.05) is 25.3 Å². The molecule has 0 aliphatic carbocycles. The van der Waals surface area contributed by atoms with Crippen molar-refractivity contribution in [1.29, 1.82) is 0 Å². The Kier molecular flexibility index (Phi) is 3.19. The second kappa shape index (κ2) is 4.60. The summed E-state index contributed by atoms with van der Waals surface area (Å²) in [5, 5.41) is 4.40. The van der Waals surface area contributed by atoms with Gasteiger partial charge in [-0.15, -0.1) is 0 Å². The van der Waals surface area contributed by atoms with E-state index in [2.05, 4.69) is 17.4 Å². The third-order valence-corrected chi connectivity index (χ3v) is 2.72. The van der Waals surface area contributed by atoms with Crippen LogP contribution in [0, 0.1) is 12.8 Å². The number of hydrogen-bond acceptors (Lipinski definition) is 2. The maximum Gasteiger partial charge on any atom is 0.0593 e. The normalized spacial score (nSPS) is 23.4. The molecule has 2 heterocycles. The molecule has 0 amide bonds. The Morgan fingerprint density at radius 2 is 2.50 bits per heavy atom. The van der Waals surface area contributed by atoms with Crippen LogP contribution >= 0.6 is 0 Å². The van der Waals surface area contributed by atoms with E-state index in [0.717, 1.165) is 25.5 Å². The van der Waals surface area contributed by atoms with Crippen molar-refractivity contribution in [2.75, 3.05) is 13.2 Å². The molecule has 1 saturated heterocycles. The van der Waals surface area contributed by atoms with Gasteiger partial charge in [0.05, 0.1) is 12.3 Å². The van der Waals surface area contributed by atoms with Crippen molar-refractivity contribution >= 4 is 0 Å². The van der Waals surface area contributed by atoms with Crippen LogP contribution in [-0.2, 0) is 11.3 Å². The Balaban J connectivity index is 1.89. The van der Waals surface area contributed by atoms with Crippen LogP contribution in [0.15, 0.2) is 12.3 Å². The molecule has 0 bridgehead atoms. The van der Waals surface area contributed by atoms with Crippen molar-refractivity contribution in [3.05, 3.63) is 18.0 Å². The van der Waals surface area contributed by atoms with E-state index < -0.39 is 0 Å². The van der Waals surface area contributed by atoms with E-state index >= 15 is 0 Å². The molecule has 78 valence electrons. The Bertz CT molecular complexity index is 275. The molecule has 1 aliphatic heterocycles. The molecule has 0 N–H and O–H groups in total. The van der Waals surface area contributed by atoms with Crippen molar-refractivity contribution in [3.8, 4) is 0 Å². The molecule has 1 atom stereocenters. The third-order valence-electron chi connectivity index (χ3n) is 2.72.